The Morgan fingerprint density at radius 3 is 2.68 bits per heavy atom. The zero-order chi connectivity index (χ0) is 15.7. The van der Waals surface area contributed by atoms with Gasteiger partial charge in [-0.1, -0.05) is 32.5 Å². The second kappa shape index (κ2) is 6.32. The van der Waals surface area contributed by atoms with E-state index in [4.69, 9.17) is 4.42 Å². The first kappa shape index (κ1) is 15.4. The molecule has 6 nitrogen and oxygen atoms in total. The van der Waals surface area contributed by atoms with Crippen LogP contribution in [0.4, 0.5) is 0 Å². The molecule has 2 aliphatic heterocycles. The molecule has 1 fully saturated rings. The number of carbonyl (C=O) groups excluding carboxylic acids is 1. The van der Waals surface area contributed by atoms with Gasteiger partial charge in [-0.05, 0) is 0 Å². The number of amides is 1. The van der Waals surface area contributed by atoms with Crippen LogP contribution in [-0.4, -0.2) is 63.8 Å². The highest BCUT2D eigenvalue weighted by atomic mass is 32.2. The zero-order valence-electron chi connectivity index (χ0n) is 13.3. The lowest BCUT2D eigenvalue weighted by molar-refractivity contribution is 0.0685. The molecular weight excluding hydrogens is 300 g/mol. The molecule has 0 aliphatic carbocycles. The van der Waals surface area contributed by atoms with Gasteiger partial charge in [-0.3, -0.25) is 9.79 Å². The first-order valence-electron chi connectivity index (χ1n) is 7.75. The van der Waals surface area contributed by atoms with Crippen LogP contribution in [0, 0.1) is 0 Å². The molecule has 1 amide bonds. The normalized spacial score (nSPS) is 22.4. The third-order valence-corrected chi connectivity index (χ3v) is 5.10. The summed E-state index contributed by atoms with van der Waals surface area (Å²) in [6.45, 7) is 10.2. The van der Waals surface area contributed by atoms with Gasteiger partial charge in [0.1, 0.15) is 5.76 Å². The summed E-state index contributed by atoms with van der Waals surface area (Å²) in [5.74, 6) is 0.817. The average molecular weight is 322 g/mol. The Morgan fingerprint density at radius 2 is 2.09 bits per heavy atom. The minimum atomic E-state index is -0.0218. The van der Waals surface area contributed by atoms with Crippen molar-refractivity contribution in [1.82, 2.24) is 14.8 Å². The SMILES string of the molecule is CC1CN=C(N2CCN(C(=O)c3ncoc3C(C)C)CC2)S1. The molecule has 22 heavy (non-hydrogen) atoms. The number of rotatable bonds is 2. The van der Waals surface area contributed by atoms with Crippen LogP contribution in [0.5, 0.6) is 0 Å². The van der Waals surface area contributed by atoms with Crippen molar-refractivity contribution in [3.8, 4) is 0 Å². The number of nitrogens with zero attached hydrogens (tertiary/aromatic N) is 4. The number of aromatic nitrogens is 1. The lowest BCUT2D eigenvalue weighted by atomic mass is 10.1. The maximum atomic E-state index is 12.6. The quantitative estimate of drug-likeness (QED) is 0.834. The Labute approximate surface area is 135 Å². The summed E-state index contributed by atoms with van der Waals surface area (Å²) >= 11 is 1.83. The summed E-state index contributed by atoms with van der Waals surface area (Å²) in [6.07, 6.45) is 1.37. The number of thioether (sulfide) groups is 1. The molecule has 1 aromatic heterocycles. The van der Waals surface area contributed by atoms with Gasteiger partial charge in [0, 0.05) is 37.3 Å². The molecule has 120 valence electrons. The Hall–Kier alpha value is -1.50. The van der Waals surface area contributed by atoms with Gasteiger partial charge in [0.15, 0.2) is 17.3 Å². The van der Waals surface area contributed by atoms with Crippen molar-refractivity contribution in [3.63, 3.8) is 0 Å². The minimum absolute atomic E-state index is 0.0218. The first-order chi connectivity index (χ1) is 10.6. The van der Waals surface area contributed by atoms with E-state index in [0.29, 0.717) is 29.8 Å². The molecule has 3 rings (SSSR count). The van der Waals surface area contributed by atoms with Crippen molar-refractivity contribution in [1.29, 1.82) is 0 Å². The van der Waals surface area contributed by atoms with Crippen molar-refractivity contribution < 1.29 is 9.21 Å². The molecule has 1 unspecified atom stereocenters. The Kier molecular flexibility index (Phi) is 4.42. The summed E-state index contributed by atoms with van der Waals surface area (Å²) in [4.78, 5) is 25.5. The standard InChI is InChI=1S/C15H22N4O2S/c1-10(2)13-12(17-9-21-13)14(20)18-4-6-19(7-5-18)15-16-8-11(3)22-15/h9-11H,4-8H2,1-3H3. The van der Waals surface area contributed by atoms with E-state index in [0.717, 1.165) is 24.8 Å². The fourth-order valence-electron chi connectivity index (χ4n) is 2.71. The summed E-state index contributed by atoms with van der Waals surface area (Å²) in [5, 5.41) is 1.70. The Bertz CT molecular complexity index is 576. The molecule has 1 saturated heterocycles. The first-order valence-corrected chi connectivity index (χ1v) is 8.63. The number of amidine groups is 1. The van der Waals surface area contributed by atoms with Crippen LogP contribution in [0.1, 0.15) is 42.9 Å². The average Bonchev–Trinajstić information content (AvgIpc) is 3.15. The van der Waals surface area contributed by atoms with Gasteiger partial charge in [0.2, 0.25) is 0 Å². The number of aliphatic imine (C=N–C) groups is 1. The van der Waals surface area contributed by atoms with E-state index in [9.17, 15) is 4.79 Å². The summed E-state index contributed by atoms with van der Waals surface area (Å²) in [5.41, 5.74) is 0.463. The number of hydrogen-bond donors (Lipinski definition) is 0. The third kappa shape index (κ3) is 2.99. The van der Waals surface area contributed by atoms with Crippen molar-refractivity contribution in [2.24, 2.45) is 4.99 Å². The number of carbonyl (C=O) groups is 1. The summed E-state index contributed by atoms with van der Waals surface area (Å²) in [7, 11) is 0. The van der Waals surface area contributed by atoms with E-state index >= 15 is 0 Å². The molecular formula is C15H22N4O2S. The van der Waals surface area contributed by atoms with Gasteiger partial charge in [0.25, 0.3) is 5.91 Å². The maximum absolute atomic E-state index is 12.6. The van der Waals surface area contributed by atoms with Crippen molar-refractivity contribution in [2.75, 3.05) is 32.7 Å². The Morgan fingerprint density at radius 1 is 1.36 bits per heavy atom. The van der Waals surface area contributed by atoms with E-state index in [-0.39, 0.29) is 11.8 Å². The summed E-state index contributed by atoms with van der Waals surface area (Å²) in [6, 6.07) is 0. The molecule has 7 heteroatoms. The van der Waals surface area contributed by atoms with E-state index in [1.807, 2.05) is 30.5 Å². The van der Waals surface area contributed by atoms with Gasteiger partial charge in [-0.15, -0.1) is 0 Å². The molecule has 0 saturated carbocycles. The van der Waals surface area contributed by atoms with Crippen LogP contribution in [0.15, 0.2) is 15.8 Å². The predicted octanol–water partition coefficient (Wildman–Crippen LogP) is 2.05. The van der Waals surface area contributed by atoms with Crippen molar-refractivity contribution in [3.05, 3.63) is 17.8 Å². The third-order valence-electron chi connectivity index (χ3n) is 3.95. The van der Waals surface area contributed by atoms with Crippen LogP contribution in [0.2, 0.25) is 0 Å². The molecule has 0 radical (unpaired) electrons. The van der Waals surface area contributed by atoms with Gasteiger partial charge >= 0.3 is 0 Å². The van der Waals surface area contributed by atoms with E-state index in [2.05, 4.69) is 21.8 Å². The minimum Gasteiger partial charge on any atom is -0.447 e. The number of oxazole rings is 1. The second-order valence-electron chi connectivity index (χ2n) is 6.05. The number of piperazine rings is 1. The van der Waals surface area contributed by atoms with E-state index in [1.165, 1.54) is 6.39 Å². The van der Waals surface area contributed by atoms with E-state index < -0.39 is 0 Å². The highest BCUT2D eigenvalue weighted by Crippen LogP contribution is 2.24. The molecule has 0 N–H and O–H groups in total. The van der Waals surface area contributed by atoms with Crippen molar-refractivity contribution >= 4 is 22.8 Å². The predicted molar refractivity (Wildman–Crippen MR) is 87.4 cm³/mol. The van der Waals surface area contributed by atoms with Crippen LogP contribution in [-0.2, 0) is 0 Å². The van der Waals surface area contributed by atoms with Gasteiger partial charge < -0.3 is 14.2 Å². The monoisotopic (exact) mass is 322 g/mol. The Balaban J connectivity index is 1.61. The zero-order valence-corrected chi connectivity index (χ0v) is 14.1. The topological polar surface area (TPSA) is 61.9 Å². The van der Waals surface area contributed by atoms with Gasteiger partial charge in [-0.2, -0.15) is 0 Å². The van der Waals surface area contributed by atoms with Crippen molar-refractivity contribution in [2.45, 2.75) is 31.9 Å². The molecule has 1 atom stereocenters. The molecule has 0 aromatic carbocycles. The second-order valence-corrected chi connectivity index (χ2v) is 7.46. The lowest BCUT2D eigenvalue weighted by Gasteiger charge is -2.35. The molecule has 1 aromatic rings. The lowest BCUT2D eigenvalue weighted by Crippen LogP contribution is -2.50. The number of hydrogen-bond acceptors (Lipinski definition) is 6. The molecule has 3 heterocycles. The van der Waals surface area contributed by atoms with Crippen LogP contribution >= 0.6 is 11.8 Å². The van der Waals surface area contributed by atoms with Gasteiger partial charge in [0.05, 0.1) is 6.54 Å². The highest BCUT2D eigenvalue weighted by molar-refractivity contribution is 8.14. The maximum Gasteiger partial charge on any atom is 0.276 e. The fraction of sp³-hybridized carbons (Fsp3) is 0.667. The molecule has 0 bridgehead atoms. The smallest absolute Gasteiger partial charge is 0.276 e. The van der Waals surface area contributed by atoms with Crippen LogP contribution < -0.4 is 0 Å². The highest BCUT2D eigenvalue weighted by Gasteiger charge is 2.29. The molecule has 0 spiro atoms. The largest absolute Gasteiger partial charge is 0.447 e. The molecule has 2 aliphatic rings. The van der Waals surface area contributed by atoms with E-state index in [1.54, 1.807) is 0 Å². The summed E-state index contributed by atoms with van der Waals surface area (Å²) < 4.78 is 5.36. The fourth-order valence-corrected chi connectivity index (χ4v) is 3.70. The van der Waals surface area contributed by atoms with Gasteiger partial charge in [-0.25, -0.2) is 4.98 Å². The van der Waals surface area contributed by atoms with Crippen LogP contribution in [0.3, 0.4) is 0 Å². The van der Waals surface area contributed by atoms with Crippen LogP contribution in [0.25, 0.3) is 0 Å².